The number of rotatable bonds is 11. The number of aromatic nitrogens is 3. The summed E-state index contributed by atoms with van der Waals surface area (Å²) in [5.74, 6) is 2.99. The Morgan fingerprint density at radius 2 is 1.13 bits per heavy atom. The smallest absolute Gasteiger partial charge is 0.233 e. The second kappa shape index (κ2) is 13.1. The Labute approximate surface area is 259 Å². The molecule has 0 amide bonds. The fraction of sp³-hybridized carbons (Fsp3) is 0.152. The molecule has 0 aliphatic carbocycles. The summed E-state index contributed by atoms with van der Waals surface area (Å²) >= 11 is 0. The van der Waals surface area contributed by atoms with E-state index in [1.807, 2.05) is 78.9 Å². The number of hydrogen-bond acceptors (Lipinski definition) is 12. The van der Waals surface area contributed by atoms with Gasteiger partial charge in [0, 0.05) is 23.5 Å². The van der Waals surface area contributed by atoms with Gasteiger partial charge in [0.1, 0.15) is 11.5 Å². The number of phenols is 1. The van der Waals surface area contributed by atoms with Gasteiger partial charge >= 0.3 is 0 Å². The molecule has 228 valence electrons. The van der Waals surface area contributed by atoms with Gasteiger partial charge in [-0.2, -0.15) is 15.0 Å². The zero-order chi connectivity index (χ0) is 31.2. The van der Waals surface area contributed by atoms with E-state index in [1.54, 1.807) is 26.4 Å². The van der Waals surface area contributed by atoms with Gasteiger partial charge in [-0.15, -0.1) is 0 Å². The molecule has 12 heteroatoms. The fourth-order valence-electron chi connectivity index (χ4n) is 4.66. The number of anilines is 6. The van der Waals surface area contributed by atoms with E-state index >= 15 is 0 Å². The molecule has 0 bridgehead atoms. The minimum absolute atomic E-state index is 0.0607. The number of oxime groups is 1. The summed E-state index contributed by atoms with van der Waals surface area (Å²) in [6, 6.07) is 27.9. The highest BCUT2D eigenvalue weighted by molar-refractivity contribution is 6.01. The Morgan fingerprint density at radius 1 is 0.644 bits per heavy atom. The maximum Gasteiger partial charge on any atom is 0.233 e. The van der Waals surface area contributed by atoms with Crippen molar-refractivity contribution >= 4 is 40.6 Å². The average molecular weight is 606 g/mol. The lowest BCUT2D eigenvalue weighted by molar-refractivity contribution is 0.0855. The first-order valence-electron chi connectivity index (χ1n) is 14.0. The van der Waals surface area contributed by atoms with Crippen molar-refractivity contribution in [2.24, 2.45) is 5.16 Å². The highest BCUT2D eigenvalue weighted by atomic mass is 16.6. The first kappa shape index (κ1) is 29.1. The summed E-state index contributed by atoms with van der Waals surface area (Å²) in [4.78, 5) is 19.4. The van der Waals surface area contributed by atoms with Crippen LogP contribution in [0.5, 0.6) is 23.0 Å². The van der Waals surface area contributed by atoms with Crippen LogP contribution in [0, 0.1) is 0 Å². The van der Waals surface area contributed by atoms with Crippen LogP contribution in [0.3, 0.4) is 0 Å². The third kappa shape index (κ3) is 6.96. The van der Waals surface area contributed by atoms with E-state index in [9.17, 15) is 5.11 Å². The van der Waals surface area contributed by atoms with Crippen LogP contribution in [0.15, 0.2) is 96.2 Å². The van der Waals surface area contributed by atoms with E-state index in [0.717, 1.165) is 45.4 Å². The minimum Gasteiger partial charge on any atom is -0.504 e. The summed E-state index contributed by atoms with van der Waals surface area (Å²) in [5, 5.41) is 24.2. The van der Waals surface area contributed by atoms with Crippen molar-refractivity contribution in [1.82, 2.24) is 15.0 Å². The third-order valence-electron chi connectivity index (χ3n) is 7.05. The molecule has 12 nitrogen and oxygen atoms in total. The summed E-state index contributed by atoms with van der Waals surface area (Å²) in [7, 11) is 4.76. The molecule has 0 saturated heterocycles. The number of hydrogen-bond donors (Lipinski definition) is 4. The first-order valence-corrected chi connectivity index (χ1v) is 14.0. The van der Waals surface area contributed by atoms with Crippen LogP contribution in [0.25, 0.3) is 0 Å². The molecule has 0 spiro atoms. The van der Waals surface area contributed by atoms with Gasteiger partial charge in [-0.3, -0.25) is 0 Å². The van der Waals surface area contributed by atoms with Crippen molar-refractivity contribution in [2.75, 3.05) is 37.3 Å². The van der Waals surface area contributed by atoms with Crippen LogP contribution < -0.4 is 30.2 Å². The fourth-order valence-corrected chi connectivity index (χ4v) is 4.66. The Bertz CT molecular complexity index is 1730. The molecule has 1 unspecified atom stereocenters. The third-order valence-corrected chi connectivity index (χ3v) is 7.05. The molecular formula is C33H31N7O5. The van der Waals surface area contributed by atoms with Crippen molar-refractivity contribution in [1.29, 1.82) is 0 Å². The van der Waals surface area contributed by atoms with E-state index in [4.69, 9.17) is 19.0 Å². The van der Waals surface area contributed by atoms with Crippen LogP contribution in [0.1, 0.15) is 23.7 Å². The number of phenolic OH excluding ortho intramolecular Hbond substituents is 1. The number of methoxy groups -OCH3 is 3. The van der Waals surface area contributed by atoms with Crippen molar-refractivity contribution in [3.63, 3.8) is 0 Å². The summed E-state index contributed by atoms with van der Waals surface area (Å²) in [6.45, 7) is 0. The molecule has 45 heavy (non-hydrogen) atoms. The zero-order valence-electron chi connectivity index (χ0n) is 24.8. The van der Waals surface area contributed by atoms with Gasteiger partial charge in [0.2, 0.25) is 17.8 Å². The highest BCUT2D eigenvalue weighted by Gasteiger charge is 2.25. The predicted octanol–water partition coefficient (Wildman–Crippen LogP) is 6.70. The molecule has 1 aromatic heterocycles. The van der Waals surface area contributed by atoms with Crippen LogP contribution in [-0.4, -0.2) is 47.1 Å². The molecule has 1 atom stereocenters. The quantitative estimate of drug-likeness (QED) is 0.128. The van der Waals surface area contributed by atoms with E-state index in [2.05, 4.69) is 36.1 Å². The van der Waals surface area contributed by atoms with E-state index in [0.29, 0.717) is 30.0 Å². The van der Waals surface area contributed by atoms with E-state index in [-0.39, 0.29) is 11.9 Å². The first-order chi connectivity index (χ1) is 22.0. The Kier molecular flexibility index (Phi) is 8.45. The van der Waals surface area contributed by atoms with Gasteiger partial charge < -0.3 is 40.1 Å². The Hall–Kier alpha value is -6.04. The van der Waals surface area contributed by atoms with Crippen LogP contribution in [0.4, 0.5) is 34.9 Å². The van der Waals surface area contributed by atoms with Gasteiger partial charge in [0.15, 0.2) is 17.6 Å². The van der Waals surface area contributed by atoms with Crippen molar-refractivity contribution in [3.05, 3.63) is 102 Å². The van der Waals surface area contributed by atoms with E-state index < -0.39 is 0 Å². The average Bonchev–Trinajstić information content (AvgIpc) is 3.56. The highest BCUT2D eigenvalue weighted by Crippen LogP contribution is 2.35. The maximum absolute atomic E-state index is 10.2. The van der Waals surface area contributed by atoms with Crippen LogP contribution in [-0.2, 0) is 4.84 Å². The molecule has 5 aromatic rings. The lowest BCUT2D eigenvalue weighted by Gasteiger charge is -2.12. The summed E-state index contributed by atoms with van der Waals surface area (Å²) in [6.07, 6.45) is 0.264. The van der Waals surface area contributed by atoms with Gasteiger partial charge in [-0.05, 0) is 83.9 Å². The van der Waals surface area contributed by atoms with Gasteiger partial charge in [-0.25, -0.2) is 0 Å². The molecule has 1 aliphatic rings. The van der Waals surface area contributed by atoms with Gasteiger partial charge in [0.05, 0.1) is 27.0 Å². The second-order valence-electron chi connectivity index (χ2n) is 9.98. The predicted molar refractivity (Wildman–Crippen MR) is 172 cm³/mol. The topological polar surface area (TPSA) is 144 Å². The lowest BCUT2D eigenvalue weighted by atomic mass is 10.00. The number of nitrogens with zero attached hydrogens (tertiary/aromatic N) is 4. The Morgan fingerprint density at radius 3 is 1.58 bits per heavy atom. The minimum atomic E-state index is -0.298. The molecular weight excluding hydrogens is 574 g/mol. The number of ether oxygens (including phenoxy) is 3. The lowest BCUT2D eigenvalue weighted by Crippen LogP contribution is -2.07. The number of nitrogens with one attached hydrogen (secondary N) is 3. The standard InChI is InChI=1S/C33H31N7O5/c1-42-25-13-9-23(10-14-25)35-32-37-31(38-33(39-32)36-24-11-15-26(43-2)16-12-24)34-22-7-4-20(5-8-22)27-19-30(45-40-27)21-6-17-29(44-3)28(41)18-21/h4-18,30,41H,19H2,1-3H3,(H3,34,35,36,37,38,39). The molecule has 0 saturated carbocycles. The number of benzene rings is 4. The summed E-state index contributed by atoms with van der Waals surface area (Å²) in [5.41, 5.74) is 4.88. The van der Waals surface area contributed by atoms with Crippen LogP contribution >= 0.6 is 0 Å². The Balaban J connectivity index is 1.18. The largest absolute Gasteiger partial charge is 0.504 e. The second-order valence-corrected chi connectivity index (χ2v) is 9.98. The van der Waals surface area contributed by atoms with Crippen molar-refractivity contribution in [2.45, 2.75) is 12.5 Å². The molecule has 4 N–H and O–H groups in total. The van der Waals surface area contributed by atoms with Crippen molar-refractivity contribution < 1.29 is 24.2 Å². The molecule has 1 aliphatic heterocycles. The molecule has 0 radical (unpaired) electrons. The maximum atomic E-state index is 10.2. The normalized spacial score (nSPS) is 13.8. The summed E-state index contributed by atoms with van der Waals surface area (Å²) < 4.78 is 15.7. The van der Waals surface area contributed by atoms with Gasteiger partial charge in [0.25, 0.3) is 0 Å². The SMILES string of the molecule is COc1ccc(Nc2nc(Nc3ccc(OC)cc3)nc(Nc3ccc(C4=NOC(c5ccc(OC)c(O)c5)C4)cc3)n2)cc1. The molecule has 6 rings (SSSR count). The molecule has 4 aromatic carbocycles. The van der Waals surface area contributed by atoms with Gasteiger partial charge in [-0.1, -0.05) is 23.4 Å². The molecule has 2 heterocycles. The van der Waals surface area contributed by atoms with Crippen molar-refractivity contribution in [3.8, 4) is 23.0 Å². The number of aromatic hydroxyl groups is 1. The molecule has 0 fully saturated rings. The van der Waals surface area contributed by atoms with Crippen LogP contribution in [0.2, 0.25) is 0 Å². The van der Waals surface area contributed by atoms with E-state index in [1.165, 1.54) is 7.11 Å². The monoisotopic (exact) mass is 605 g/mol. The zero-order valence-corrected chi connectivity index (χ0v) is 24.8.